The molecule has 0 amide bonds. The van der Waals surface area contributed by atoms with E-state index >= 15 is 0 Å². The van der Waals surface area contributed by atoms with Crippen molar-refractivity contribution in [3.63, 3.8) is 0 Å². The summed E-state index contributed by atoms with van der Waals surface area (Å²) in [5.74, 6) is 0. The summed E-state index contributed by atoms with van der Waals surface area (Å²) in [6.07, 6.45) is 2.09. The zero-order chi connectivity index (χ0) is 43.5. The Kier molecular flexibility index (Phi) is 6.86. The van der Waals surface area contributed by atoms with E-state index < -0.39 is 0 Å². The van der Waals surface area contributed by atoms with Crippen LogP contribution in [0.25, 0.3) is 143 Å². The Bertz CT molecular complexity index is 4640. The number of hydrogen-bond donors (Lipinski definition) is 0. The smallest absolute Gasteiger partial charge is 0.147 e. The van der Waals surface area contributed by atoms with Crippen LogP contribution in [0.4, 0.5) is 0 Å². The topological polar surface area (TPSA) is 49.3 Å². The summed E-state index contributed by atoms with van der Waals surface area (Å²) < 4.78 is 24.8. The van der Waals surface area contributed by atoms with Crippen molar-refractivity contribution in [3.8, 4) is 33.6 Å². The second-order valence-corrected chi connectivity index (χ2v) is 18.2. The fraction of sp³-hybridized carbons (Fsp3) is 0.0323. The van der Waals surface area contributed by atoms with Crippen molar-refractivity contribution in [3.05, 3.63) is 205 Å². The van der Waals surface area contributed by atoms with Crippen LogP contribution >= 0.6 is 0 Å². The lowest BCUT2D eigenvalue weighted by atomic mass is 9.83. The van der Waals surface area contributed by atoms with Crippen LogP contribution in [-0.2, 0) is 12.8 Å². The first-order valence-electron chi connectivity index (χ1n) is 23.1. The zero-order valence-corrected chi connectivity index (χ0v) is 36.0. The van der Waals surface area contributed by atoms with Gasteiger partial charge in [-0.05, 0) is 137 Å². The molecule has 5 aromatic heterocycles. The average molecular weight is 857 g/mol. The van der Waals surface area contributed by atoms with Crippen molar-refractivity contribution in [1.82, 2.24) is 9.13 Å². The fourth-order valence-electron chi connectivity index (χ4n) is 11.9. The van der Waals surface area contributed by atoms with Crippen LogP contribution < -0.4 is 0 Å². The van der Waals surface area contributed by atoms with E-state index in [1.807, 2.05) is 12.1 Å². The molecule has 0 unspecified atom stereocenters. The normalized spacial score (nSPS) is 13.0. The van der Waals surface area contributed by atoms with Gasteiger partial charge in [0.25, 0.3) is 0 Å². The van der Waals surface area contributed by atoms with E-state index in [0.29, 0.717) is 0 Å². The van der Waals surface area contributed by atoms with Gasteiger partial charge in [0.2, 0.25) is 0 Å². The monoisotopic (exact) mass is 856 g/mol. The summed E-state index contributed by atoms with van der Waals surface area (Å²) in [6, 6.07) is 70.1. The minimum atomic E-state index is 0.800. The summed E-state index contributed by atoms with van der Waals surface area (Å²) >= 11 is 0. The molecule has 5 heteroatoms. The number of aryl methyl sites for hydroxylation is 2. The van der Waals surface area contributed by atoms with Crippen LogP contribution in [0.5, 0.6) is 0 Å². The number of benzene rings is 10. The van der Waals surface area contributed by atoms with Gasteiger partial charge in [0, 0.05) is 54.5 Å². The molecule has 0 N–H and O–H groups in total. The van der Waals surface area contributed by atoms with Gasteiger partial charge in [-0.1, -0.05) is 103 Å². The highest BCUT2D eigenvalue weighted by Crippen LogP contribution is 2.46. The fourth-order valence-corrected chi connectivity index (χ4v) is 11.9. The number of fused-ring (bicyclic) bond motifs is 21. The molecule has 16 rings (SSSR count). The van der Waals surface area contributed by atoms with Crippen LogP contribution in [-0.4, -0.2) is 9.13 Å². The third-order valence-corrected chi connectivity index (χ3v) is 14.8. The van der Waals surface area contributed by atoms with Crippen LogP contribution in [0.1, 0.15) is 11.1 Å². The molecule has 0 fully saturated rings. The highest BCUT2D eigenvalue weighted by molar-refractivity contribution is 6.25. The SMILES string of the molecule is c1cc(-c2ccc3oc4c(ccc5oc6ccc(-n7c8ccccc8c8c9oc%10ccccc%10c9ccc87)cc6c54)c3c2)cc(-n2c3ccccc3c3c4c(ccc32)-c2ccccc2CC4)c1. The van der Waals surface area contributed by atoms with Gasteiger partial charge in [-0.15, -0.1) is 0 Å². The molecule has 5 heterocycles. The molecule has 1 aliphatic rings. The quantitative estimate of drug-likeness (QED) is 0.178. The first-order valence-corrected chi connectivity index (χ1v) is 23.1. The van der Waals surface area contributed by atoms with Gasteiger partial charge in [0.15, 0.2) is 0 Å². The lowest BCUT2D eigenvalue weighted by molar-refractivity contribution is 0.662. The number of aromatic nitrogens is 2. The lowest BCUT2D eigenvalue weighted by Gasteiger charge is -2.21. The Morgan fingerprint density at radius 1 is 0.313 bits per heavy atom. The van der Waals surface area contributed by atoms with Gasteiger partial charge in [-0.2, -0.15) is 0 Å². The second kappa shape index (κ2) is 12.9. The molecule has 1 aliphatic carbocycles. The van der Waals surface area contributed by atoms with Gasteiger partial charge in [0.1, 0.15) is 33.5 Å². The molecule has 0 spiro atoms. The summed E-state index contributed by atoms with van der Waals surface area (Å²) in [5.41, 5.74) is 19.9. The molecule has 10 aromatic carbocycles. The van der Waals surface area contributed by atoms with Crippen molar-refractivity contribution >= 4 is 109 Å². The van der Waals surface area contributed by atoms with E-state index in [-0.39, 0.29) is 0 Å². The van der Waals surface area contributed by atoms with E-state index in [1.165, 1.54) is 44.1 Å². The standard InChI is InChI=1S/C62H36N2O3/c1-2-13-40-35(10-1)20-23-43-41(40)24-27-52-58(43)46-15-3-6-17-50(46)63(52)38-12-9-11-36(32-38)37-21-29-55-48(33-37)45-26-31-57-60(62(45)67-55)49-34-39(22-30-56(49)65-57)64-51-18-7-4-16-47(51)59-53(64)28-25-44-42-14-5-8-19-54(42)66-61(44)59/h1-19,21-22,24-34H,20,23H2. The molecule has 312 valence electrons. The average Bonchev–Trinajstić information content (AvgIpc) is 4.20. The van der Waals surface area contributed by atoms with Crippen molar-refractivity contribution in [2.24, 2.45) is 0 Å². The summed E-state index contributed by atoms with van der Waals surface area (Å²) in [5, 5.41) is 11.3. The van der Waals surface area contributed by atoms with Gasteiger partial charge in [-0.3, -0.25) is 0 Å². The Morgan fingerprint density at radius 2 is 0.940 bits per heavy atom. The molecular formula is C62H36N2O3. The van der Waals surface area contributed by atoms with Crippen LogP contribution in [0.15, 0.2) is 207 Å². The molecule has 5 nitrogen and oxygen atoms in total. The second-order valence-electron chi connectivity index (χ2n) is 18.2. The molecule has 67 heavy (non-hydrogen) atoms. The van der Waals surface area contributed by atoms with Gasteiger partial charge in [-0.25, -0.2) is 0 Å². The molecule has 0 saturated carbocycles. The Hall–Kier alpha value is -8.80. The molecule has 15 aromatic rings. The third kappa shape index (κ3) is 4.77. The highest BCUT2D eigenvalue weighted by atomic mass is 16.3. The predicted octanol–water partition coefficient (Wildman–Crippen LogP) is 17.0. The van der Waals surface area contributed by atoms with Gasteiger partial charge < -0.3 is 22.4 Å². The zero-order valence-electron chi connectivity index (χ0n) is 36.0. The summed E-state index contributed by atoms with van der Waals surface area (Å²) in [6.45, 7) is 0. The van der Waals surface area contributed by atoms with Gasteiger partial charge in [0.05, 0.1) is 32.8 Å². The lowest BCUT2D eigenvalue weighted by Crippen LogP contribution is -2.04. The summed E-state index contributed by atoms with van der Waals surface area (Å²) in [7, 11) is 0. The first-order chi connectivity index (χ1) is 33.2. The van der Waals surface area contributed by atoms with E-state index in [2.05, 4.69) is 191 Å². The Labute approximate surface area is 381 Å². The molecule has 0 bridgehead atoms. The molecule has 0 radical (unpaired) electrons. The Morgan fingerprint density at radius 3 is 1.82 bits per heavy atom. The van der Waals surface area contributed by atoms with Crippen LogP contribution in [0.2, 0.25) is 0 Å². The maximum Gasteiger partial charge on any atom is 0.147 e. The highest BCUT2D eigenvalue weighted by Gasteiger charge is 2.24. The van der Waals surface area contributed by atoms with E-state index in [1.54, 1.807) is 0 Å². The number of para-hydroxylation sites is 3. The molecule has 0 saturated heterocycles. The third-order valence-electron chi connectivity index (χ3n) is 14.8. The van der Waals surface area contributed by atoms with Crippen LogP contribution in [0.3, 0.4) is 0 Å². The maximum atomic E-state index is 6.83. The molecular weight excluding hydrogens is 821 g/mol. The van der Waals surface area contributed by atoms with E-state index in [0.717, 1.165) is 123 Å². The van der Waals surface area contributed by atoms with Crippen molar-refractivity contribution in [2.75, 3.05) is 0 Å². The number of furan rings is 3. The minimum absolute atomic E-state index is 0.800. The van der Waals surface area contributed by atoms with E-state index in [9.17, 15) is 0 Å². The van der Waals surface area contributed by atoms with E-state index in [4.69, 9.17) is 13.3 Å². The van der Waals surface area contributed by atoms with Crippen LogP contribution in [0, 0.1) is 0 Å². The largest absolute Gasteiger partial charge is 0.456 e. The first kappa shape index (κ1) is 35.5. The number of nitrogens with zero attached hydrogens (tertiary/aromatic N) is 2. The Balaban J connectivity index is 0.843. The van der Waals surface area contributed by atoms with Crippen molar-refractivity contribution in [2.45, 2.75) is 12.8 Å². The van der Waals surface area contributed by atoms with Crippen molar-refractivity contribution < 1.29 is 13.3 Å². The summed E-state index contributed by atoms with van der Waals surface area (Å²) in [4.78, 5) is 0. The van der Waals surface area contributed by atoms with Gasteiger partial charge >= 0.3 is 0 Å². The minimum Gasteiger partial charge on any atom is -0.456 e. The molecule has 0 atom stereocenters. The maximum absolute atomic E-state index is 6.83. The predicted molar refractivity (Wildman–Crippen MR) is 275 cm³/mol. The van der Waals surface area contributed by atoms with Crippen molar-refractivity contribution in [1.29, 1.82) is 0 Å². The molecule has 0 aliphatic heterocycles. The number of rotatable bonds is 3. The number of hydrogen-bond acceptors (Lipinski definition) is 3.